The maximum atomic E-state index is 12.6. The van der Waals surface area contributed by atoms with E-state index in [1.165, 1.54) is 6.07 Å². The zero-order chi connectivity index (χ0) is 13.9. The number of nitrogens with zero attached hydrogens (tertiary/aromatic N) is 2. The monoisotopic (exact) mass is 263 g/mol. The number of pyridine rings is 1. The molecule has 2 aromatic rings. The molecule has 2 nitrogen and oxygen atoms in total. The minimum atomic E-state index is -4.34. The Morgan fingerprint density at radius 2 is 1.95 bits per heavy atom. The van der Waals surface area contributed by atoms with E-state index in [0.29, 0.717) is 17.7 Å². The molecular formula is C14H10F3N2+. The fourth-order valence-electron chi connectivity index (χ4n) is 1.74. The van der Waals surface area contributed by atoms with E-state index in [4.69, 9.17) is 5.26 Å². The number of aromatic nitrogens is 1. The highest BCUT2D eigenvalue weighted by molar-refractivity contribution is 5.25. The SMILES string of the molecule is N#Cc1ccc[n+](Cc2cccc(C(F)(F)F)c2)c1. The van der Waals surface area contributed by atoms with E-state index in [-0.39, 0.29) is 0 Å². The van der Waals surface area contributed by atoms with Gasteiger partial charge >= 0.3 is 6.18 Å². The van der Waals surface area contributed by atoms with E-state index < -0.39 is 11.7 Å². The molecule has 0 amide bonds. The third kappa shape index (κ3) is 3.32. The molecular weight excluding hydrogens is 253 g/mol. The van der Waals surface area contributed by atoms with E-state index in [9.17, 15) is 13.2 Å². The van der Waals surface area contributed by atoms with Crippen LogP contribution in [0.1, 0.15) is 16.7 Å². The summed E-state index contributed by atoms with van der Waals surface area (Å²) in [6, 6.07) is 10.5. The van der Waals surface area contributed by atoms with Crippen molar-refractivity contribution in [3.63, 3.8) is 0 Å². The first kappa shape index (κ1) is 13.1. The van der Waals surface area contributed by atoms with Crippen molar-refractivity contribution in [3.05, 3.63) is 65.5 Å². The van der Waals surface area contributed by atoms with Gasteiger partial charge in [0.05, 0.1) is 5.56 Å². The molecule has 1 aromatic heterocycles. The minimum Gasteiger partial charge on any atom is -0.200 e. The summed E-state index contributed by atoms with van der Waals surface area (Å²) in [5, 5.41) is 8.77. The first-order chi connectivity index (χ1) is 8.99. The number of hydrogen-bond donors (Lipinski definition) is 0. The van der Waals surface area contributed by atoms with Crippen molar-refractivity contribution < 1.29 is 17.7 Å². The lowest BCUT2D eigenvalue weighted by Gasteiger charge is -2.07. The fourth-order valence-corrected chi connectivity index (χ4v) is 1.74. The van der Waals surface area contributed by atoms with Gasteiger partial charge in [-0.25, -0.2) is 0 Å². The molecule has 0 N–H and O–H groups in total. The van der Waals surface area contributed by atoms with Crippen LogP contribution in [0, 0.1) is 11.3 Å². The summed E-state index contributed by atoms with van der Waals surface area (Å²) >= 11 is 0. The summed E-state index contributed by atoms with van der Waals surface area (Å²) in [4.78, 5) is 0. The second-order valence-corrected chi connectivity index (χ2v) is 4.07. The van der Waals surface area contributed by atoms with Gasteiger partial charge in [-0.2, -0.15) is 23.0 Å². The quantitative estimate of drug-likeness (QED) is 0.765. The standard InChI is InChI=1S/C14H10F3N2/c15-14(16,17)13-5-1-3-11(7-13)9-19-6-2-4-12(8-18)10-19/h1-7,10H,9H2/q+1. The Morgan fingerprint density at radius 3 is 2.63 bits per heavy atom. The normalized spacial score (nSPS) is 11.1. The number of nitriles is 1. The number of halogens is 3. The van der Waals surface area contributed by atoms with Gasteiger partial charge in [0.15, 0.2) is 18.9 Å². The summed E-state index contributed by atoms with van der Waals surface area (Å²) in [6.45, 7) is 0.291. The molecule has 19 heavy (non-hydrogen) atoms. The molecule has 0 aliphatic heterocycles. The third-order valence-corrected chi connectivity index (χ3v) is 2.61. The fraction of sp³-hybridized carbons (Fsp3) is 0.143. The summed E-state index contributed by atoms with van der Waals surface area (Å²) < 4.78 is 39.4. The van der Waals surface area contributed by atoms with Crippen LogP contribution in [0.2, 0.25) is 0 Å². The molecule has 0 aliphatic carbocycles. The smallest absolute Gasteiger partial charge is 0.200 e. The molecule has 0 fully saturated rings. The van der Waals surface area contributed by atoms with Crippen molar-refractivity contribution in [2.45, 2.75) is 12.7 Å². The first-order valence-electron chi connectivity index (χ1n) is 5.54. The van der Waals surface area contributed by atoms with Gasteiger partial charge in [-0.05, 0) is 18.2 Å². The third-order valence-electron chi connectivity index (χ3n) is 2.61. The highest BCUT2D eigenvalue weighted by Crippen LogP contribution is 2.29. The van der Waals surface area contributed by atoms with Crippen LogP contribution in [0.4, 0.5) is 13.2 Å². The zero-order valence-electron chi connectivity index (χ0n) is 9.85. The number of rotatable bonds is 2. The summed E-state index contributed by atoms with van der Waals surface area (Å²) in [5.74, 6) is 0. The van der Waals surface area contributed by atoms with Crippen LogP contribution in [-0.4, -0.2) is 0 Å². The molecule has 1 aromatic carbocycles. The Morgan fingerprint density at radius 1 is 1.16 bits per heavy atom. The number of alkyl halides is 3. The average Bonchev–Trinajstić information content (AvgIpc) is 2.38. The van der Waals surface area contributed by atoms with Gasteiger partial charge in [-0.15, -0.1) is 0 Å². The van der Waals surface area contributed by atoms with Crippen molar-refractivity contribution in [2.24, 2.45) is 0 Å². The Balaban J connectivity index is 2.26. The van der Waals surface area contributed by atoms with Crippen molar-refractivity contribution in [3.8, 4) is 6.07 Å². The molecule has 0 aliphatic rings. The van der Waals surface area contributed by atoms with Gasteiger partial charge in [0.2, 0.25) is 0 Å². The predicted molar refractivity (Wildman–Crippen MR) is 61.9 cm³/mol. The number of hydrogen-bond acceptors (Lipinski definition) is 1. The lowest BCUT2D eigenvalue weighted by molar-refractivity contribution is -0.688. The second kappa shape index (κ2) is 5.11. The minimum absolute atomic E-state index is 0.291. The van der Waals surface area contributed by atoms with Crippen LogP contribution in [0.25, 0.3) is 0 Å². The average molecular weight is 263 g/mol. The first-order valence-corrected chi connectivity index (χ1v) is 5.54. The summed E-state index contributed by atoms with van der Waals surface area (Å²) in [6.07, 6.45) is -1.03. The molecule has 5 heteroatoms. The van der Waals surface area contributed by atoms with E-state index in [0.717, 1.165) is 12.1 Å². The molecule has 0 atom stereocenters. The Labute approximate surface area is 108 Å². The predicted octanol–water partition coefficient (Wildman–Crippen LogP) is 2.91. The lowest BCUT2D eigenvalue weighted by atomic mass is 10.1. The van der Waals surface area contributed by atoms with Gasteiger partial charge in [-0.3, -0.25) is 0 Å². The molecule has 0 unspecified atom stereocenters. The molecule has 0 bridgehead atoms. The van der Waals surface area contributed by atoms with Crippen LogP contribution in [-0.2, 0) is 12.7 Å². The molecule has 1 heterocycles. The highest BCUT2D eigenvalue weighted by atomic mass is 19.4. The van der Waals surface area contributed by atoms with Gasteiger partial charge in [0, 0.05) is 11.6 Å². The second-order valence-electron chi connectivity index (χ2n) is 4.07. The maximum absolute atomic E-state index is 12.6. The van der Waals surface area contributed by atoms with Crippen molar-refractivity contribution in [1.29, 1.82) is 5.26 Å². The van der Waals surface area contributed by atoms with E-state index in [1.807, 2.05) is 6.07 Å². The topological polar surface area (TPSA) is 27.7 Å². The maximum Gasteiger partial charge on any atom is 0.416 e. The molecule has 0 radical (unpaired) electrons. The van der Waals surface area contributed by atoms with Crippen LogP contribution < -0.4 is 4.57 Å². The summed E-state index contributed by atoms with van der Waals surface area (Å²) in [5.41, 5.74) is 0.339. The number of benzene rings is 1. The molecule has 0 saturated carbocycles. The van der Waals surface area contributed by atoms with Gasteiger partial charge in [-0.1, -0.05) is 12.1 Å². The van der Waals surface area contributed by atoms with Crippen LogP contribution in [0.5, 0.6) is 0 Å². The van der Waals surface area contributed by atoms with Gasteiger partial charge in [0.25, 0.3) is 0 Å². The van der Waals surface area contributed by atoms with Crippen molar-refractivity contribution in [1.82, 2.24) is 0 Å². The summed E-state index contributed by atoms with van der Waals surface area (Å²) in [7, 11) is 0. The lowest BCUT2D eigenvalue weighted by Crippen LogP contribution is -2.33. The molecule has 0 saturated heterocycles. The van der Waals surface area contributed by atoms with Gasteiger partial charge < -0.3 is 0 Å². The Hall–Kier alpha value is -2.35. The molecule has 96 valence electrons. The van der Waals surface area contributed by atoms with Crippen LogP contribution in [0.15, 0.2) is 48.8 Å². The Kier molecular flexibility index (Phi) is 3.52. The Bertz CT molecular complexity index is 627. The van der Waals surface area contributed by atoms with Crippen LogP contribution >= 0.6 is 0 Å². The van der Waals surface area contributed by atoms with Crippen molar-refractivity contribution >= 4 is 0 Å². The van der Waals surface area contributed by atoms with E-state index in [2.05, 4.69) is 0 Å². The largest absolute Gasteiger partial charge is 0.416 e. The van der Waals surface area contributed by atoms with Crippen LogP contribution in [0.3, 0.4) is 0 Å². The van der Waals surface area contributed by atoms with E-state index >= 15 is 0 Å². The van der Waals surface area contributed by atoms with Crippen molar-refractivity contribution in [2.75, 3.05) is 0 Å². The van der Waals surface area contributed by atoms with E-state index in [1.54, 1.807) is 35.2 Å². The zero-order valence-corrected chi connectivity index (χ0v) is 9.85. The van der Waals surface area contributed by atoms with Gasteiger partial charge in [0.1, 0.15) is 11.6 Å². The molecule has 2 rings (SSSR count). The highest BCUT2D eigenvalue weighted by Gasteiger charge is 2.30. The molecule has 0 spiro atoms.